The molecule has 13 heavy (non-hydrogen) atoms. The number of hydrogen-bond donors (Lipinski definition) is 0. The molecule has 0 atom stereocenters. The summed E-state index contributed by atoms with van der Waals surface area (Å²) < 4.78 is 0. The highest BCUT2D eigenvalue weighted by atomic mass is 15.2. The van der Waals surface area contributed by atoms with Crippen LogP contribution in [0.5, 0.6) is 0 Å². The fraction of sp³-hybridized carbons (Fsp3) is 1.00. The zero-order valence-corrected chi connectivity index (χ0v) is 8.97. The van der Waals surface area contributed by atoms with E-state index in [1.165, 1.54) is 58.0 Å². The fourth-order valence-electron chi connectivity index (χ4n) is 2.61. The first-order valence-corrected chi connectivity index (χ1v) is 6.14. The second kappa shape index (κ2) is 4.45. The van der Waals surface area contributed by atoms with Crippen LogP contribution in [0.4, 0.5) is 0 Å². The lowest BCUT2D eigenvalue weighted by Gasteiger charge is -2.33. The Kier molecular flexibility index (Phi) is 3.26. The van der Waals surface area contributed by atoms with Gasteiger partial charge in [-0.25, -0.2) is 0 Å². The Labute approximate surface area is 82.5 Å². The van der Waals surface area contributed by atoms with Gasteiger partial charge in [0.2, 0.25) is 0 Å². The zero-order valence-electron chi connectivity index (χ0n) is 8.97. The number of rotatable bonds is 4. The molecule has 0 aromatic rings. The first kappa shape index (κ1) is 9.51. The molecule has 0 saturated heterocycles. The van der Waals surface area contributed by atoms with E-state index < -0.39 is 0 Å². The monoisotopic (exact) mass is 181 g/mol. The van der Waals surface area contributed by atoms with E-state index in [2.05, 4.69) is 11.8 Å². The summed E-state index contributed by atoms with van der Waals surface area (Å²) in [6.45, 7) is 5.01. The highest BCUT2D eigenvalue weighted by Gasteiger charge is 2.27. The van der Waals surface area contributed by atoms with E-state index in [0.29, 0.717) is 0 Å². The molecule has 0 unspecified atom stereocenters. The van der Waals surface area contributed by atoms with Crippen molar-refractivity contribution in [3.8, 4) is 0 Å². The minimum Gasteiger partial charge on any atom is -0.300 e. The van der Waals surface area contributed by atoms with E-state index in [9.17, 15) is 0 Å². The molecule has 0 spiro atoms. The van der Waals surface area contributed by atoms with Gasteiger partial charge >= 0.3 is 0 Å². The van der Waals surface area contributed by atoms with Gasteiger partial charge in [-0.2, -0.15) is 0 Å². The van der Waals surface area contributed by atoms with E-state index in [4.69, 9.17) is 0 Å². The summed E-state index contributed by atoms with van der Waals surface area (Å²) in [5.41, 5.74) is 0. The van der Waals surface area contributed by atoms with Gasteiger partial charge in [0, 0.05) is 12.6 Å². The quantitative estimate of drug-likeness (QED) is 0.644. The van der Waals surface area contributed by atoms with Crippen LogP contribution < -0.4 is 0 Å². The Bertz CT molecular complexity index is 145. The summed E-state index contributed by atoms with van der Waals surface area (Å²) in [5.74, 6) is 1.07. The number of nitrogens with zero attached hydrogens (tertiary/aromatic N) is 1. The average molecular weight is 181 g/mol. The molecule has 2 rings (SSSR count). The molecule has 0 bridgehead atoms. The topological polar surface area (TPSA) is 3.24 Å². The van der Waals surface area contributed by atoms with Crippen molar-refractivity contribution < 1.29 is 0 Å². The van der Waals surface area contributed by atoms with Crippen molar-refractivity contribution in [2.45, 2.75) is 57.9 Å². The summed E-state index contributed by atoms with van der Waals surface area (Å²) in [5, 5.41) is 0. The molecule has 0 N–H and O–H groups in total. The van der Waals surface area contributed by atoms with E-state index in [-0.39, 0.29) is 0 Å². The van der Waals surface area contributed by atoms with Crippen molar-refractivity contribution in [3.63, 3.8) is 0 Å². The highest BCUT2D eigenvalue weighted by Crippen LogP contribution is 2.32. The minimum absolute atomic E-state index is 0.944. The molecule has 1 nitrogen and oxygen atoms in total. The Morgan fingerprint density at radius 3 is 2.23 bits per heavy atom. The molecular weight excluding hydrogens is 158 g/mol. The molecule has 0 heterocycles. The molecule has 0 aliphatic heterocycles. The third-order valence-corrected chi connectivity index (χ3v) is 3.69. The first-order valence-electron chi connectivity index (χ1n) is 6.14. The third-order valence-electron chi connectivity index (χ3n) is 3.69. The second-order valence-corrected chi connectivity index (χ2v) is 4.82. The maximum absolute atomic E-state index is 2.75. The predicted molar refractivity (Wildman–Crippen MR) is 56.8 cm³/mol. The van der Waals surface area contributed by atoms with Crippen LogP contribution in [0.1, 0.15) is 51.9 Å². The van der Waals surface area contributed by atoms with Crippen molar-refractivity contribution >= 4 is 0 Å². The summed E-state index contributed by atoms with van der Waals surface area (Å²) in [6.07, 6.45) is 10.4. The lowest BCUT2D eigenvalue weighted by atomic mass is 9.94. The lowest BCUT2D eigenvalue weighted by Crippen LogP contribution is -2.37. The van der Waals surface area contributed by atoms with Gasteiger partial charge in [0.1, 0.15) is 0 Å². The first-order chi connectivity index (χ1) is 6.40. The Morgan fingerprint density at radius 1 is 1.00 bits per heavy atom. The summed E-state index contributed by atoms with van der Waals surface area (Å²) in [7, 11) is 0. The van der Waals surface area contributed by atoms with Gasteiger partial charge in [0.25, 0.3) is 0 Å². The van der Waals surface area contributed by atoms with Gasteiger partial charge in [0.15, 0.2) is 0 Å². The Morgan fingerprint density at radius 2 is 1.69 bits per heavy atom. The van der Waals surface area contributed by atoms with Crippen molar-refractivity contribution in [1.29, 1.82) is 0 Å². The molecule has 0 aromatic heterocycles. The highest BCUT2D eigenvalue weighted by molar-refractivity contribution is 4.82. The van der Waals surface area contributed by atoms with Crippen LogP contribution in [-0.2, 0) is 0 Å². The molecule has 2 saturated carbocycles. The number of hydrogen-bond acceptors (Lipinski definition) is 1. The van der Waals surface area contributed by atoms with E-state index in [0.717, 1.165) is 12.0 Å². The third kappa shape index (κ3) is 2.70. The molecular formula is C12H23N. The van der Waals surface area contributed by atoms with E-state index >= 15 is 0 Å². The molecule has 0 radical (unpaired) electrons. The van der Waals surface area contributed by atoms with E-state index in [1.807, 2.05) is 0 Å². The maximum Gasteiger partial charge on any atom is 0.00952 e. The van der Waals surface area contributed by atoms with Crippen LogP contribution in [0.15, 0.2) is 0 Å². The summed E-state index contributed by atoms with van der Waals surface area (Å²) in [4.78, 5) is 2.75. The second-order valence-electron chi connectivity index (χ2n) is 4.82. The van der Waals surface area contributed by atoms with Gasteiger partial charge in [-0.05, 0) is 38.1 Å². The Hall–Kier alpha value is -0.0400. The Balaban J connectivity index is 1.78. The normalized spacial score (nSPS) is 25.4. The van der Waals surface area contributed by atoms with Crippen molar-refractivity contribution in [3.05, 3.63) is 0 Å². The molecule has 2 fully saturated rings. The summed E-state index contributed by atoms with van der Waals surface area (Å²) in [6, 6.07) is 0.944. The average Bonchev–Trinajstić information content (AvgIpc) is 2.99. The zero-order chi connectivity index (χ0) is 9.10. The fourth-order valence-corrected chi connectivity index (χ4v) is 2.61. The van der Waals surface area contributed by atoms with Crippen LogP contribution in [0, 0.1) is 5.92 Å². The van der Waals surface area contributed by atoms with Gasteiger partial charge in [-0.15, -0.1) is 0 Å². The van der Waals surface area contributed by atoms with Crippen LogP contribution in [-0.4, -0.2) is 24.0 Å². The van der Waals surface area contributed by atoms with Gasteiger partial charge in [-0.1, -0.05) is 26.2 Å². The van der Waals surface area contributed by atoms with Crippen LogP contribution >= 0.6 is 0 Å². The maximum atomic E-state index is 2.75. The van der Waals surface area contributed by atoms with Crippen LogP contribution in [0.3, 0.4) is 0 Å². The molecule has 1 heteroatoms. The van der Waals surface area contributed by atoms with Crippen molar-refractivity contribution in [2.75, 3.05) is 13.1 Å². The largest absolute Gasteiger partial charge is 0.300 e. The SMILES string of the molecule is CCN(CC1CC1)C1CCCCC1. The molecule has 76 valence electrons. The summed E-state index contributed by atoms with van der Waals surface area (Å²) >= 11 is 0. The lowest BCUT2D eigenvalue weighted by molar-refractivity contribution is 0.157. The van der Waals surface area contributed by atoms with Gasteiger partial charge in [-0.3, -0.25) is 0 Å². The van der Waals surface area contributed by atoms with Crippen LogP contribution in [0.25, 0.3) is 0 Å². The van der Waals surface area contributed by atoms with E-state index in [1.54, 1.807) is 0 Å². The smallest absolute Gasteiger partial charge is 0.00952 e. The van der Waals surface area contributed by atoms with Gasteiger partial charge in [0.05, 0.1) is 0 Å². The molecule has 2 aliphatic rings. The predicted octanol–water partition coefficient (Wildman–Crippen LogP) is 3.05. The van der Waals surface area contributed by atoms with Crippen LogP contribution in [0.2, 0.25) is 0 Å². The van der Waals surface area contributed by atoms with Crippen molar-refractivity contribution in [2.24, 2.45) is 5.92 Å². The molecule has 2 aliphatic carbocycles. The standard InChI is InChI=1S/C12H23N/c1-2-13(10-11-8-9-11)12-6-4-3-5-7-12/h11-12H,2-10H2,1H3. The van der Waals surface area contributed by atoms with Crippen molar-refractivity contribution in [1.82, 2.24) is 4.90 Å². The molecule has 0 amide bonds. The minimum atomic E-state index is 0.944. The van der Waals surface area contributed by atoms with Gasteiger partial charge < -0.3 is 4.90 Å². The molecule has 0 aromatic carbocycles.